The minimum atomic E-state index is -3.88. The summed E-state index contributed by atoms with van der Waals surface area (Å²) in [5.41, 5.74) is 0.334. The zero-order valence-electron chi connectivity index (χ0n) is 15.4. The molecule has 1 amide bonds. The van der Waals surface area contributed by atoms with Crippen LogP contribution in [0, 0.1) is 4.91 Å². The van der Waals surface area contributed by atoms with E-state index in [1.165, 1.54) is 6.33 Å². The number of hydrogen-bond acceptors (Lipinski definition) is 5. The molecule has 0 saturated heterocycles. The lowest BCUT2D eigenvalue weighted by Crippen LogP contribution is -2.61. The summed E-state index contributed by atoms with van der Waals surface area (Å²) >= 11 is 0. The monoisotopic (exact) mass is 400 g/mol. The minimum absolute atomic E-state index is 0.0666. The molecule has 1 aliphatic heterocycles. The van der Waals surface area contributed by atoms with Crippen LogP contribution in [0.25, 0.3) is 5.52 Å². The van der Waals surface area contributed by atoms with Gasteiger partial charge in [-0.25, -0.2) is 9.50 Å². The summed E-state index contributed by atoms with van der Waals surface area (Å²) in [4.78, 5) is 32.7. The number of amides is 1. The van der Waals surface area contributed by atoms with Gasteiger partial charge in [0, 0.05) is 24.9 Å². The molecule has 2 aliphatic rings. The highest BCUT2D eigenvalue weighted by Crippen LogP contribution is 2.49. The molecule has 1 fully saturated rings. The van der Waals surface area contributed by atoms with Gasteiger partial charge in [-0.3, -0.25) is 4.79 Å². The van der Waals surface area contributed by atoms with E-state index < -0.39 is 23.4 Å². The molecule has 1 aliphatic carbocycles. The van der Waals surface area contributed by atoms with Gasteiger partial charge in [-0.05, 0) is 37.5 Å². The van der Waals surface area contributed by atoms with Gasteiger partial charge in [0.2, 0.25) is 0 Å². The average molecular weight is 400 g/mol. The summed E-state index contributed by atoms with van der Waals surface area (Å²) in [6.07, 6.45) is 3.87. The second-order valence-electron chi connectivity index (χ2n) is 7.61. The smallest absolute Gasteiger partial charge is 0.348 e. The molecule has 29 heavy (non-hydrogen) atoms. The Hall–Kier alpha value is -3.17. The van der Waals surface area contributed by atoms with Crippen molar-refractivity contribution in [3.8, 4) is 0 Å². The van der Waals surface area contributed by atoms with Gasteiger partial charge in [-0.2, -0.15) is 13.9 Å². The number of alkyl halides is 2. The number of halogens is 2. The maximum atomic E-state index is 15.2. The van der Waals surface area contributed by atoms with E-state index in [0.717, 1.165) is 16.1 Å². The third-order valence-corrected chi connectivity index (χ3v) is 6.06. The predicted octanol–water partition coefficient (Wildman–Crippen LogP) is 2.86. The number of nitrogens with one attached hydrogen (secondary N) is 1. The van der Waals surface area contributed by atoms with Crippen LogP contribution in [-0.4, -0.2) is 48.4 Å². The van der Waals surface area contributed by atoms with Gasteiger partial charge in [-0.15, -0.1) is 4.91 Å². The first-order chi connectivity index (χ1) is 14.0. The molecule has 0 bridgehead atoms. The summed E-state index contributed by atoms with van der Waals surface area (Å²) in [7, 11) is 0. The van der Waals surface area contributed by atoms with E-state index in [1.807, 2.05) is 12.1 Å². The molecule has 150 valence electrons. The molecular formula is C19H18F2N6O2. The summed E-state index contributed by atoms with van der Waals surface area (Å²) < 4.78 is 31.9. The van der Waals surface area contributed by atoms with E-state index in [2.05, 4.69) is 20.2 Å². The third kappa shape index (κ3) is 2.44. The highest BCUT2D eigenvalue weighted by atomic mass is 19.3. The lowest BCUT2D eigenvalue weighted by atomic mass is 9.72. The molecule has 3 aromatic rings. The van der Waals surface area contributed by atoms with Gasteiger partial charge < -0.3 is 9.88 Å². The molecule has 0 unspecified atom stereocenters. The molecule has 1 N–H and O–H groups in total. The zero-order valence-corrected chi connectivity index (χ0v) is 15.4. The summed E-state index contributed by atoms with van der Waals surface area (Å²) in [5.74, 6) is -5.27. The molecule has 1 saturated carbocycles. The number of carbonyl (C=O) groups excluding carboxylic acids is 1. The Kier molecular flexibility index (Phi) is 3.80. The van der Waals surface area contributed by atoms with Crippen LogP contribution in [0.1, 0.15) is 42.4 Å². The Bertz CT molecular complexity index is 1070. The number of aromatic nitrogens is 4. The van der Waals surface area contributed by atoms with Crippen molar-refractivity contribution in [3.05, 3.63) is 58.8 Å². The fourth-order valence-corrected chi connectivity index (χ4v) is 4.24. The number of imidazole rings is 1. The van der Waals surface area contributed by atoms with E-state index in [1.54, 1.807) is 22.8 Å². The molecular weight excluding hydrogens is 382 g/mol. The number of hydrogen-bond donors (Lipinski definition) is 1. The van der Waals surface area contributed by atoms with Gasteiger partial charge in [0.25, 0.3) is 5.91 Å². The predicted molar refractivity (Wildman–Crippen MR) is 98.4 cm³/mol. The maximum Gasteiger partial charge on any atom is 0.352 e. The fraction of sp³-hybridized carbons (Fsp3) is 0.421. The van der Waals surface area contributed by atoms with Crippen molar-refractivity contribution >= 4 is 11.4 Å². The second-order valence-corrected chi connectivity index (χ2v) is 7.61. The summed E-state index contributed by atoms with van der Waals surface area (Å²) in [5, 5.41) is 7.18. The van der Waals surface area contributed by atoms with Crippen LogP contribution in [0.2, 0.25) is 0 Å². The first-order valence-corrected chi connectivity index (χ1v) is 9.47. The highest BCUT2D eigenvalue weighted by molar-refractivity contribution is 5.86. The van der Waals surface area contributed by atoms with Crippen LogP contribution in [-0.2, 0) is 11.2 Å². The Morgan fingerprint density at radius 1 is 1.34 bits per heavy atom. The normalized spacial score (nSPS) is 20.9. The van der Waals surface area contributed by atoms with Crippen LogP contribution in [0.4, 0.5) is 8.78 Å². The lowest BCUT2D eigenvalue weighted by molar-refractivity contribution is -0.177. The van der Waals surface area contributed by atoms with Crippen LogP contribution in [0.15, 0.2) is 42.0 Å². The van der Waals surface area contributed by atoms with Crippen LogP contribution >= 0.6 is 0 Å². The van der Waals surface area contributed by atoms with E-state index >= 15 is 8.78 Å². The molecule has 0 spiro atoms. The minimum Gasteiger partial charge on any atom is -0.348 e. The molecule has 0 radical (unpaired) electrons. The maximum absolute atomic E-state index is 15.2. The largest absolute Gasteiger partial charge is 0.352 e. The molecule has 3 aromatic heterocycles. The molecule has 0 aromatic carbocycles. The van der Waals surface area contributed by atoms with Crippen molar-refractivity contribution in [2.75, 3.05) is 6.54 Å². The highest BCUT2D eigenvalue weighted by Gasteiger charge is 2.65. The van der Waals surface area contributed by atoms with Gasteiger partial charge in [0.15, 0.2) is 5.54 Å². The lowest BCUT2D eigenvalue weighted by Gasteiger charge is -2.43. The fourth-order valence-electron chi connectivity index (χ4n) is 4.24. The third-order valence-electron chi connectivity index (χ3n) is 6.06. The van der Waals surface area contributed by atoms with Crippen molar-refractivity contribution in [1.29, 1.82) is 0 Å². The number of nitroso groups, excluding NO2 is 1. The van der Waals surface area contributed by atoms with Gasteiger partial charge >= 0.3 is 5.92 Å². The number of nitrogens with zero attached hydrogens (tertiary/aromatic N) is 5. The van der Waals surface area contributed by atoms with Crippen molar-refractivity contribution < 1.29 is 13.6 Å². The molecule has 5 rings (SSSR count). The molecule has 10 heteroatoms. The number of H-pyrrole nitrogens is 1. The molecule has 8 nitrogen and oxygen atoms in total. The Labute approximate surface area is 163 Å². The van der Waals surface area contributed by atoms with Crippen LogP contribution in [0.5, 0.6) is 0 Å². The zero-order chi connectivity index (χ0) is 20.2. The van der Waals surface area contributed by atoms with E-state index in [4.69, 9.17) is 0 Å². The molecule has 1 atom stereocenters. The SMILES string of the molecule is O=NC1(C(F)(F)C(=O)N2CCc3[nH]cnc3[C@H]2c2cc3ccccn3n2)CCC1. The summed E-state index contributed by atoms with van der Waals surface area (Å²) in [6, 6.07) is 6.37. The van der Waals surface area contributed by atoms with Crippen molar-refractivity contribution in [2.45, 2.75) is 43.2 Å². The molecule has 4 heterocycles. The summed E-state index contributed by atoms with van der Waals surface area (Å²) in [6.45, 7) is 0.0666. The van der Waals surface area contributed by atoms with Crippen LogP contribution < -0.4 is 0 Å². The van der Waals surface area contributed by atoms with Crippen molar-refractivity contribution in [1.82, 2.24) is 24.5 Å². The number of pyridine rings is 1. The van der Waals surface area contributed by atoms with E-state index in [-0.39, 0.29) is 19.4 Å². The van der Waals surface area contributed by atoms with E-state index in [0.29, 0.717) is 24.2 Å². The van der Waals surface area contributed by atoms with E-state index in [9.17, 15) is 9.70 Å². The Morgan fingerprint density at radius 3 is 2.86 bits per heavy atom. The van der Waals surface area contributed by atoms with Crippen molar-refractivity contribution in [2.24, 2.45) is 5.18 Å². The standard InChI is InChI=1S/C19H18F2N6O2/c20-19(21,18(25-29)6-3-7-18)17(28)26-9-5-13-15(23-11-22-13)16(26)14-10-12-4-1-2-8-27(12)24-14/h1-2,4,8,10-11,16H,3,5-7,9H2,(H,22,23)/t16-/m1/s1. The number of fused-ring (bicyclic) bond motifs is 2. The van der Waals surface area contributed by atoms with Gasteiger partial charge in [0.05, 0.1) is 23.2 Å². The number of carbonyl (C=O) groups is 1. The quantitative estimate of drug-likeness (QED) is 0.681. The number of aromatic amines is 1. The second kappa shape index (κ2) is 6.16. The van der Waals surface area contributed by atoms with Crippen LogP contribution in [0.3, 0.4) is 0 Å². The number of rotatable bonds is 4. The first-order valence-electron chi connectivity index (χ1n) is 9.47. The van der Waals surface area contributed by atoms with Gasteiger partial charge in [0.1, 0.15) is 6.04 Å². The first kappa shape index (κ1) is 17.9. The topological polar surface area (TPSA) is 95.7 Å². The average Bonchev–Trinajstić information content (AvgIpc) is 3.32. The Morgan fingerprint density at radius 2 is 2.17 bits per heavy atom. The Balaban J connectivity index is 1.59. The van der Waals surface area contributed by atoms with Gasteiger partial charge in [-0.1, -0.05) is 11.2 Å². The van der Waals surface area contributed by atoms with Crippen molar-refractivity contribution in [3.63, 3.8) is 0 Å².